The van der Waals surface area contributed by atoms with Crippen LogP contribution in [0.15, 0.2) is 23.1 Å². The Kier molecular flexibility index (Phi) is 5.37. The van der Waals surface area contributed by atoms with Gasteiger partial charge in [0.2, 0.25) is 0 Å². The largest absolute Gasteiger partial charge is 0.481 e. The molecule has 0 aliphatic carbocycles. The van der Waals surface area contributed by atoms with Gasteiger partial charge >= 0.3 is 5.97 Å². The summed E-state index contributed by atoms with van der Waals surface area (Å²) in [5.74, 6) is -1.00. The monoisotopic (exact) mass is 335 g/mol. The van der Waals surface area contributed by atoms with Crippen molar-refractivity contribution < 1.29 is 14.7 Å². The Labute approximate surface area is 139 Å². The van der Waals surface area contributed by atoms with Crippen molar-refractivity contribution in [3.63, 3.8) is 0 Å². The summed E-state index contributed by atoms with van der Waals surface area (Å²) in [6.45, 7) is 4.38. The van der Waals surface area contributed by atoms with Gasteiger partial charge in [-0.05, 0) is 31.9 Å². The highest BCUT2D eigenvalue weighted by Crippen LogP contribution is 2.32. The van der Waals surface area contributed by atoms with Gasteiger partial charge < -0.3 is 5.11 Å². The topological polar surface area (TPSA) is 57.6 Å². The lowest BCUT2D eigenvalue weighted by molar-refractivity contribution is -0.137. The summed E-state index contributed by atoms with van der Waals surface area (Å²) in [7, 11) is 0. The van der Waals surface area contributed by atoms with Crippen LogP contribution in [0, 0.1) is 13.8 Å². The van der Waals surface area contributed by atoms with Gasteiger partial charge in [0.1, 0.15) is 4.32 Å². The second-order valence-corrected chi connectivity index (χ2v) is 6.93. The molecule has 0 aromatic heterocycles. The van der Waals surface area contributed by atoms with Gasteiger partial charge in [0.05, 0.1) is 4.91 Å². The molecule has 1 saturated heterocycles. The molecule has 0 bridgehead atoms. The third-order valence-electron chi connectivity index (χ3n) is 3.19. The van der Waals surface area contributed by atoms with Crippen molar-refractivity contribution >= 4 is 46.3 Å². The number of rotatable bonds is 5. The predicted octanol–water partition coefficient (Wildman–Crippen LogP) is 3.37. The summed E-state index contributed by atoms with van der Waals surface area (Å²) in [5, 5.41) is 8.67. The SMILES string of the molecule is Cc1cc(C)cc(C=C2SC(=S)N(CCCC(=O)O)C2=O)c1. The van der Waals surface area contributed by atoms with E-state index in [1.807, 2.05) is 32.1 Å². The van der Waals surface area contributed by atoms with Crippen molar-refractivity contribution in [2.24, 2.45) is 0 Å². The van der Waals surface area contributed by atoms with E-state index in [9.17, 15) is 9.59 Å². The third kappa shape index (κ3) is 4.18. The first-order chi connectivity index (χ1) is 10.4. The van der Waals surface area contributed by atoms with Gasteiger partial charge in [-0.1, -0.05) is 53.3 Å². The molecule has 0 radical (unpaired) electrons. The molecule has 1 amide bonds. The zero-order chi connectivity index (χ0) is 16.3. The van der Waals surface area contributed by atoms with Crippen LogP contribution in [-0.2, 0) is 9.59 Å². The number of aliphatic carboxylic acids is 1. The minimum absolute atomic E-state index is 0.0349. The number of carboxylic acid groups (broad SMARTS) is 1. The molecule has 1 aliphatic rings. The number of thioether (sulfide) groups is 1. The molecule has 116 valence electrons. The summed E-state index contributed by atoms with van der Waals surface area (Å²) in [4.78, 5) is 25.0. The molecule has 1 heterocycles. The van der Waals surface area contributed by atoms with Crippen molar-refractivity contribution in [1.82, 2.24) is 4.90 Å². The number of nitrogens with zero attached hydrogens (tertiary/aromatic N) is 1. The normalized spacial score (nSPS) is 16.6. The molecule has 22 heavy (non-hydrogen) atoms. The quantitative estimate of drug-likeness (QED) is 0.660. The number of aryl methyl sites for hydroxylation is 2. The van der Waals surface area contributed by atoms with Crippen LogP contribution in [0.5, 0.6) is 0 Å². The number of hydrogen-bond donors (Lipinski definition) is 1. The van der Waals surface area contributed by atoms with Crippen molar-refractivity contribution in [3.8, 4) is 0 Å². The average molecular weight is 335 g/mol. The van der Waals surface area contributed by atoms with Crippen LogP contribution in [0.3, 0.4) is 0 Å². The highest BCUT2D eigenvalue weighted by Gasteiger charge is 2.31. The summed E-state index contributed by atoms with van der Waals surface area (Å²) >= 11 is 6.49. The second-order valence-electron chi connectivity index (χ2n) is 5.25. The fourth-order valence-electron chi connectivity index (χ4n) is 2.33. The van der Waals surface area contributed by atoms with E-state index in [1.54, 1.807) is 0 Å². The minimum Gasteiger partial charge on any atom is -0.481 e. The second kappa shape index (κ2) is 7.07. The molecule has 6 heteroatoms. The third-order valence-corrected chi connectivity index (χ3v) is 4.57. The number of carboxylic acids is 1. The van der Waals surface area contributed by atoms with Crippen LogP contribution in [0.4, 0.5) is 0 Å². The zero-order valence-electron chi connectivity index (χ0n) is 12.5. The first-order valence-corrected chi connectivity index (χ1v) is 8.15. The van der Waals surface area contributed by atoms with Crippen LogP contribution in [-0.4, -0.2) is 32.7 Å². The van der Waals surface area contributed by atoms with Crippen LogP contribution >= 0.6 is 24.0 Å². The maximum Gasteiger partial charge on any atom is 0.303 e. The standard InChI is InChI=1S/C16H17NO3S2/c1-10-6-11(2)8-12(7-10)9-13-15(20)17(16(21)22-13)5-3-4-14(18)19/h6-9H,3-5H2,1-2H3,(H,18,19). The Morgan fingerprint density at radius 2 is 1.95 bits per heavy atom. The number of benzene rings is 1. The van der Waals surface area contributed by atoms with Gasteiger partial charge in [-0.2, -0.15) is 0 Å². The summed E-state index contributed by atoms with van der Waals surface area (Å²) in [5.41, 5.74) is 3.26. The Morgan fingerprint density at radius 1 is 1.32 bits per heavy atom. The summed E-state index contributed by atoms with van der Waals surface area (Å²) in [6, 6.07) is 6.11. The highest BCUT2D eigenvalue weighted by molar-refractivity contribution is 8.26. The van der Waals surface area contributed by atoms with E-state index in [0.717, 1.165) is 16.7 Å². The van der Waals surface area contributed by atoms with Crippen molar-refractivity contribution in [2.75, 3.05) is 6.54 Å². The van der Waals surface area contributed by atoms with Crippen LogP contribution in [0.2, 0.25) is 0 Å². The number of hydrogen-bond acceptors (Lipinski definition) is 4. The Morgan fingerprint density at radius 3 is 2.55 bits per heavy atom. The average Bonchev–Trinajstić information content (AvgIpc) is 2.64. The molecule has 0 atom stereocenters. The number of carbonyl (C=O) groups is 2. The molecular formula is C16H17NO3S2. The van der Waals surface area contributed by atoms with Crippen LogP contribution in [0.1, 0.15) is 29.5 Å². The number of amides is 1. The lowest BCUT2D eigenvalue weighted by atomic mass is 10.1. The van der Waals surface area contributed by atoms with Crippen molar-refractivity contribution in [1.29, 1.82) is 0 Å². The predicted molar refractivity (Wildman–Crippen MR) is 92.7 cm³/mol. The van der Waals surface area contributed by atoms with Crippen molar-refractivity contribution in [3.05, 3.63) is 39.8 Å². The van der Waals surface area contributed by atoms with E-state index in [-0.39, 0.29) is 12.3 Å². The molecule has 1 aliphatic heterocycles. The molecule has 1 N–H and O–H groups in total. The highest BCUT2D eigenvalue weighted by atomic mass is 32.2. The lowest BCUT2D eigenvalue weighted by Crippen LogP contribution is -2.29. The van der Waals surface area contributed by atoms with Gasteiger partial charge in [0.15, 0.2) is 0 Å². The molecule has 0 saturated carbocycles. The fourth-order valence-corrected chi connectivity index (χ4v) is 3.63. The van der Waals surface area contributed by atoms with E-state index in [0.29, 0.717) is 22.2 Å². The Balaban J connectivity index is 2.13. The van der Waals surface area contributed by atoms with E-state index >= 15 is 0 Å². The fraction of sp³-hybridized carbons (Fsp3) is 0.312. The molecule has 2 rings (SSSR count). The summed E-state index contributed by atoms with van der Waals surface area (Å²) < 4.78 is 0.492. The smallest absolute Gasteiger partial charge is 0.303 e. The lowest BCUT2D eigenvalue weighted by Gasteiger charge is -2.13. The maximum atomic E-state index is 12.4. The van der Waals surface area contributed by atoms with E-state index in [4.69, 9.17) is 17.3 Å². The first kappa shape index (κ1) is 16.7. The molecular weight excluding hydrogens is 318 g/mol. The summed E-state index contributed by atoms with van der Waals surface area (Å²) in [6.07, 6.45) is 2.28. The molecule has 1 aromatic rings. The van der Waals surface area contributed by atoms with E-state index in [1.165, 1.54) is 16.7 Å². The Bertz CT molecular complexity index is 647. The van der Waals surface area contributed by atoms with Crippen LogP contribution < -0.4 is 0 Å². The van der Waals surface area contributed by atoms with Crippen LogP contribution in [0.25, 0.3) is 6.08 Å². The molecule has 1 fully saturated rings. The Hall–Kier alpha value is -1.66. The van der Waals surface area contributed by atoms with Crippen molar-refractivity contribution in [2.45, 2.75) is 26.7 Å². The maximum absolute atomic E-state index is 12.4. The van der Waals surface area contributed by atoms with E-state index < -0.39 is 5.97 Å². The van der Waals surface area contributed by atoms with Gasteiger partial charge in [0.25, 0.3) is 5.91 Å². The van der Waals surface area contributed by atoms with Gasteiger partial charge in [-0.25, -0.2) is 0 Å². The number of thiocarbonyl (C=S) groups is 1. The molecule has 1 aromatic carbocycles. The van der Waals surface area contributed by atoms with Gasteiger partial charge in [-0.15, -0.1) is 0 Å². The number of carbonyl (C=O) groups excluding carboxylic acids is 1. The molecule has 0 unspecified atom stereocenters. The van der Waals surface area contributed by atoms with Gasteiger partial charge in [0, 0.05) is 13.0 Å². The zero-order valence-corrected chi connectivity index (χ0v) is 14.1. The van der Waals surface area contributed by atoms with E-state index in [2.05, 4.69) is 6.07 Å². The first-order valence-electron chi connectivity index (χ1n) is 6.92. The molecule has 0 spiro atoms. The van der Waals surface area contributed by atoms with Gasteiger partial charge in [-0.3, -0.25) is 14.5 Å². The minimum atomic E-state index is -0.865. The molecule has 4 nitrogen and oxygen atoms in total.